The first-order chi connectivity index (χ1) is 17.0. The molecule has 0 amide bonds. The van der Waals surface area contributed by atoms with Gasteiger partial charge in [0, 0.05) is 29.3 Å². The Hall–Kier alpha value is -4.71. The molecule has 0 saturated carbocycles. The highest BCUT2D eigenvalue weighted by Gasteiger charge is 2.40. The summed E-state index contributed by atoms with van der Waals surface area (Å²) in [6.07, 6.45) is 1.48. The molecule has 2 aliphatic rings. The highest BCUT2D eigenvalue weighted by atomic mass is 19.1. The number of ketones is 1. The summed E-state index contributed by atoms with van der Waals surface area (Å²) in [6, 6.07) is 18.5. The first-order valence-electron chi connectivity index (χ1n) is 11.1. The molecule has 4 N–H and O–H groups in total. The van der Waals surface area contributed by atoms with Crippen LogP contribution in [-0.4, -0.2) is 21.0 Å². The largest absolute Gasteiger partial charge is 0.383 e. The van der Waals surface area contributed by atoms with Gasteiger partial charge >= 0.3 is 0 Å². The fourth-order valence-electron chi connectivity index (χ4n) is 4.63. The summed E-state index contributed by atoms with van der Waals surface area (Å²) in [7, 11) is 0. The predicted octanol–water partition coefficient (Wildman–Crippen LogP) is 3.70. The van der Waals surface area contributed by atoms with Gasteiger partial charge in [0.2, 0.25) is 0 Å². The van der Waals surface area contributed by atoms with E-state index in [1.165, 1.54) is 23.2 Å². The fourth-order valence-corrected chi connectivity index (χ4v) is 4.63. The van der Waals surface area contributed by atoms with Gasteiger partial charge in [0.1, 0.15) is 17.3 Å². The van der Waals surface area contributed by atoms with Gasteiger partial charge in [-0.2, -0.15) is 10.4 Å². The van der Waals surface area contributed by atoms with Crippen LogP contribution in [0, 0.1) is 17.1 Å². The summed E-state index contributed by atoms with van der Waals surface area (Å²) in [5.74, 6) is -1.11. The molecule has 35 heavy (non-hydrogen) atoms. The van der Waals surface area contributed by atoms with Gasteiger partial charge < -0.3 is 5.73 Å². The zero-order chi connectivity index (χ0) is 24.5. The van der Waals surface area contributed by atoms with Crippen LogP contribution in [0.15, 0.2) is 88.1 Å². The normalized spacial score (nSPS) is 17.8. The van der Waals surface area contributed by atoms with Crippen molar-refractivity contribution in [3.8, 4) is 17.3 Å². The summed E-state index contributed by atoms with van der Waals surface area (Å²) in [5.41, 5.74) is 12.7. The van der Waals surface area contributed by atoms with Gasteiger partial charge in [0.05, 0.1) is 23.2 Å². The number of rotatable bonds is 4. The molecule has 1 aliphatic carbocycles. The molecule has 0 fully saturated rings. The maximum Gasteiger partial charge on any atom is 0.266 e. The maximum atomic E-state index is 13.6. The molecule has 0 spiro atoms. The zero-order valence-electron chi connectivity index (χ0n) is 18.6. The number of hydrazine groups is 1. The third kappa shape index (κ3) is 3.95. The van der Waals surface area contributed by atoms with E-state index < -0.39 is 17.3 Å². The number of hydrogen-bond acceptors (Lipinski definition) is 7. The van der Waals surface area contributed by atoms with Crippen molar-refractivity contribution < 1.29 is 9.18 Å². The standard InChI is InChI=1S/C26H21FN6O2/c27-17-11-9-15(10-12-17)23-18(14-28)26(29)33(20-7-4-8-21(34)24(20)23)32-19-13-22(35)30-31-25(19)16-5-2-1-3-6-16/h1-3,5-6,9-13,23H,4,7-8,29H2,(H2,30,32,35)/t23-/m0/s1. The van der Waals surface area contributed by atoms with Crippen LogP contribution in [0.3, 0.4) is 0 Å². The van der Waals surface area contributed by atoms with E-state index in [1.54, 1.807) is 12.1 Å². The van der Waals surface area contributed by atoms with Gasteiger partial charge in [0.15, 0.2) is 5.78 Å². The van der Waals surface area contributed by atoms with Crippen LogP contribution in [0.4, 0.5) is 10.1 Å². The van der Waals surface area contributed by atoms with Crippen molar-refractivity contribution in [3.05, 3.63) is 105 Å². The van der Waals surface area contributed by atoms with Crippen molar-refractivity contribution in [2.45, 2.75) is 25.2 Å². The number of halogens is 1. The SMILES string of the molecule is N#CC1=C(N)N(Nc2cc(=O)[nH]nc2-c2ccccc2)C2=C(C(=O)CCC2)[C@H]1c1ccc(F)cc1. The van der Waals surface area contributed by atoms with Crippen LogP contribution < -0.4 is 16.7 Å². The van der Waals surface area contributed by atoms with E-state index >= 15 is 0 Å². The number of anilines is 1. The lowest BCUT2D eigenvalue weighted by Gasteiger charge is -2.40. The number of nitrogens with one attached hydrogen (secondary N) is 2. The van der Waals surface area contributed by atoms with Crippen molar-refractivity contribution >= 4 is 11.5 Å². The van der Waals surface area contributed by atoms with Crippen molar-refractivity contribution in [1.82, 2.24) is 15.2 Å². The average Bonchev–Trinajstić information content (AvgIpc) is 2.87. The molecule has 174 valence electrons. The Morgan fingerprint density at radius 2 is 1.86 bits per heavy atom. The number of Topliss-reactive ketones (excluding diaryl/α,β-unsaturated/α-hetero) is 1. The number of carbonyl (C=O) groups excluding carboxylic acids is 1. The number of aromatic amines is 1. The van der Waals surface area contributed by atoms with E-state index in [0.29, 0.717) is 47.5 Å². The number of nitrogens with two attached hydrogens (primary N) is 1. The van der Waals surface area contributed by atoms with Gasteiger partial charge in [-0.05, 0) is 30.5 Å². The zero-order valence-corrected chi connectivity index (χ0v) is 18.6. The van der Waals surface area contributed by atoms with Crippen LogP contribution in [0.25, 0.3) is 11.3 Å². The number of aromatic nitrogens is 2. The van der Waals surface area contributed by atoms with Gasteiger partial charge in [-0.1, -0.05) is 42.5 Å². The number of nitrogens with zero attached hydrogens (tertiary/aromatic N) is 3. The second kappa shape index (κ2) is 8.91. The second-order valence-electron chi connectivity index (χ2n) is 8.34. The number of benzene rings is 2. The van der Waals surface area contributed by atoms with Crippen molar-refractivity contribution in [2.75, 3.05) is 5.43 Å². The molecular weight excluding hydrogens is 447 g/mol. The van der Waals surface area contributed by atoms with E-state index in [-0.39, 0.29) is 17.2 Å². The van der Waals surface area contributed by atoms with Crippen LogP contribution >= 0.6 is 0 Å². The first kappa shape index (κ1) is 22.1. The molecule has 0 bridgehead atoms. The Bertz CT molecular complexity index is 1470. The fraction of sp³-hybridized carbons (Fsp3) is 0.154. The third-order valence-corrected chi connectivity index (χ3v) is 6.20. The Balaban J connectivity index is 1.66. The summed E-state index contributed by atoms with van der Waals surface area (Å²) in [6.45, 7) is 0. The number of H-pyrrole nitrogens is 1. The summed E-state index contributed by atoms with van der Waals surface area (Å²) in [5, 5.41) is 18.2. The predicted molar refractivity (Wildman–Crippen MR) is 128 cm³/mol. The van der Waals surface area contributed by atoms with Gasteiger partial charge in [-0.25, -0.2) is 14.5 Å². The highest BCUT2D eigenvalue weighted by molar-refractivity contribution is 6.00. The molecule has 1 atom stereocenters. The van der Waals surface area contributed by atoms with Crippen LogP contribution in [0.1, 0.15) is 30.7 Å². The lowest BCUT2D eigenvalue weighted by Crippen LogP contribution is -2.42. The number of hydrogen-bond donors (Lipinski definition) is 3. The summed E-state index contributed by atoms with van der Waals surface area (Å²) >= 11 is 0. The molecule has 0 saturated heterocycles. The van der Waals surface area contributed by atoms with Crippen molar-refractivity contribution in [3.63, 3.8) is 0 Å². The third-order valence-electron chi connectivity index (χ3n) is 6.20. The Labute approximate surface area is 200 Å². The summed E-state index contributed by atoms with van der Waals surface area (Å²) < 4.78 is 13.6. The second-order valence-corrected chi connectivity index (χ2v) is 8.34. The van der Waals surface area contributed by atoms with E-state index in [2.05, 4.69) is 21.7 Å². The van der Waals surface area contributed by atoms with Crippen molar-refractivity contribution in [2.24, 2.45) is 5.73 Å². The first-order valence-corrected chi connectivity index (χ1v) is 11.1. The molecule has 0 unspecified atom stereocenters. The summed E-state index contributed by atoms with van der Waals surface area (Å²) in [4.78, 5) is 25.3. The van der Waals surface area contributed by atoms with Gasteiger partial charge in [-0.15, -0.1) is 0 Å². The Morgan fingerprint density at radius 1 is 1.11 bits per heavy atom. The molecule has 8 nitrogen and oxygen atoms in total. The molecule has 9 heteroatoms. The minimum absolute atomic E-state index is 0.0973. The Morgan fingerprint density at radius 3 is 2.57 bits per heavy atom. The van der Waals surface area contributed by atoms with Crippen LogP contribution in [-0.2, 0) is 4.79 Å². The van der Waals surface area contributed by atoms with Gasteiger partial charge in [-0.3, -0.25) is 15.0 Å². The van der Waals surface area contributed by atoms with E-state index in [0.717, 1.165) is 5.56 Å². The smallest absolute Gasteiger partial charge is 0.266 e. The number of carbonyl (C=O) groups is 1. The Kier molecular flexibility index (Phi) is 5.63. The molecule has 1 aromatic heterocycles. The minimum atomic E-state index is -0.702. The molecule has 1 aliphatic heterocycles. The number of allylic oxidation sites excluding steroid dienone is 3. The molecule has 3 aromatic rings. The molecule has 2 aromatic carbocycles. The quantitative estimate of drug-likeness (QED) is 0.533. The van der Waals surface area contributed by atoms with Gasteiger partial charge in [0.25, 0.3) is 5.56 Å². The van der Waals surface area contributed by atoms with E-state index in [1.807, 2.05) is 30.3 Å². The molecule has 5 rings (SSSR count). The van der Waals surface area contributed by atoms with Crippen LogP contribution in [0.2, 0.25) is 0 Å². The number of nitriles is 1. The lowest BCUT2D eigenvalue weighted by molar-refractivity contribution is -0.116. The topological polar surface area (TPSA) is 128 Å². The van der Waals surface area contributed by atoms with E-state index in [4.69, 9.17) is 5.73 Å². The average molecular weight is 468 g/mol. The lowest BCUT2D eigenvalue weighted by atomic mass is 9.76. The highest BCUT2D eigenvalue weighted by Crippen LogP contribution is 2.45. The molecular formula is C26H21FN6O2. The monoisotopic (exact) mass is 468 g/mol. The van der Waals surface area contributed by atoms with Crippen LogP contribution in [0.5, 0.6) is 0 Å². The molecule has 2 heterocycles. The van der Waals surface area contributed by atoms with E-state index in [9.17, 15) is 19.2 Å². The minimum Gasteiger partial charge on any atom is -0.383 e. The maximum absolute atomic E-state index is 13.6. The van der Waals surface area contributed by atoms with Crippen molar-refractivity contribution in [1.29, 1.82) is 5.26 Å². The molecule has 0 radical (unpaired) electrons.